The van der Waals surface area contributed by atoms with Gasteiger partial charge in [-0.15, -0.1) is 5.10 Å². The van der Waals surface area contributed by atoms with Crippen LogP contribution in [-0.2, 0) is 0 Å². The molecule has 0 aliphatic heterocycles. The van der Waals surface area contributed by atoms with E-state index in [4.69, 9.17) is 12.2 Å². The molecular formula is C12H19N3S2. The van der Waals surface area contributed by atoms with E-state index in [0.717, 1.165) is 28.0 Å². The molecule has 1 aliphatic carbocycles. The van der Waals surface area contributed by atoms with Gasteiger partial charge >= 0.3 is 0 Å². The summed E-state index contributed by atoms with van der Waals surface area (Å²) in [7, 11) is 0. The van der Waals surface area contributed by atoms with Crippen LogP contribution < -0.4 is 5.32 Å². The van der Waals surface area contributed by atoms with Gasteiger partial charge in [0.15, 0.2) is 0 Å². The fourth-order valence-electron chi connectivity index (χ4n) is 2.33. The van der Waals surface area contributed by atoms with Gasteiger partial charge < -0.3 is 5.32 Å². The van der Waals surface area contributed by atoms with E-state index in [9.17, 15) is 0 Å². The highest BCUT2D eigenvalue weighted by Crippen LogP contribution is 2.22. The van der Waals surface area contributed by atoms with Crippen molar-refractivity contribution in [2.75, 3.05) is 6.54 Å². The van der Waals surface area contributed by atoms with Gasteiger partial charge in [-0.05, 0) is 37.2 Å². The second kappa shape index (κ2) is 6.40. The van der Waals surface area contributed by atoms with Crippen LogP contribution in [0.15, 0.2) is 0 Å². The predicted octanol–water partition coefficient (Wildman–Crippen LogP) is 3.08. The van der Waals surface area contributed by atoms with E-state index in [0.29, 0.717) is 0 Å². The molecule has 0 amide bonds. The molecule has 1 aromatic rings. The van der Waals surface area contributed by atoms with Gasteiger partial charge in [0, 0.05) is 6.54 Å². The minimum atomic E-state index is 0.789. The Bertz CT molecular complexity index is 368. The van der Waals surface area contributed by atoms with Crippen LogP contribution in [0.4, 0.5) is 0 Å². The first-order valence-electron chi connectivity index (χ1n) is 6.34. The van der Waals surface area contributed by atoms with Crippen LogP contribution in [0.5, 0.6) is 0 Å². The highest BCUT2D eigenvalue weighted by Gasteiger charge is 2.14. The van der Waals surface area contributed by atoms with E-state index >= 15 is 0 Å². The van der Waals surface area contributed by atoms with Crippen LogP contribution in [0, 0.1) is 12.8 Å². The number of thiocarbonyl (C=S) groups is 1. The van der Waals surface area contributed by atoms with E-state index in [1.807, 2.05) is 6.92 Å². The molecule has 1 aromatic heterocycles. The fraction of sp³-hybridized carbons (Fsp3) is 0.750. The summed E-state index contributed by atoms with van der Waals surface area (Å²) < 4.78 is 3.92. The Balaban J connectivity index is 1.81. The van der Waals surface area contributed by atoms with E-state index in [1.165, 1.54) is 50.1 Å². The van der Waals surface area contributed by atoms with Gasteiger partial charge in [0.25, 0.3) is 0 Å². The van der Waals surface area contributed by atoms with Crippen molar-refractivity contribution in [3.05, 3.63) is 10.6 Å². The Morgan fingerprint density at radius 3 is 2.65 bits per heavy atom. The second-order valence-corrected chi connectivity index (χ2v) is 5.92. The van der Waals surface area contributed by atoms with Gasteiger partial charge in [0.1, 0.15) is 9.87 Å². The summed E-state index contributed by atoms with van der Waals surface area (Å²) >= 11 is 6.77. The largest absolute Gasteiger partial charge is 0.375 e. The number of aryl methyl sites for hydroxylation is 1. The van der Waals surface area contributed by atoms with Crippen molar-refractivity contribution in [2.45, 2.75) is 45.4 Å². The smallest absolute Gasteiger partial charge is 0.120 e. The highest BCUT2D eigenvalue weighted by molar-refractivity contribution is 7.81. The summed E-state index contributed by atoms with van der Waals surface area (Å²) in [5, 5.41) is 7.37. The van der Waals surface area contributed by atoms with Gasteiger partial charge in [0.05, 0.1) is 5.69 Å². The molecule has 2 rings (SSSR count). The molecule has 1 fully saturated rings. The molecule has 0 unspecified atom stereocenters. The maximum atomic E-state index is 5.38. The van der Waals surface area contributed by atoms with E-state index in [-0.39, 0.29) is 0 Å². The summed E-state index contributed by atoms with van der Waals surface area (Å²) in [6, 6.07) is 0. The molecule has 0 saturated heterocycles. The van der Waals surface area contributed by atoms with Crippen molar-refractivity contribution in [1.82, 2.24) is 14.9 Å². The molecule has 1 aliphatic rings. The summed E-state index contributed by atoms with van der Waals surface area (Å²) in [5.74, 6) is 0.789. The van der Waals surface area contributed by atoms with Crippen LogP contribution in [0.1, 0.15) is 49.1 Å². The third-order valence-electron chi connectivity index (χ3n) is 3.38. The molecule has 0 spiro atoms. The van der Waals surface area contributed by atoms with Gasteiger partial charge in [-0.1, -0.05) is 42.4 Å². The molecule has 5 heteroatoms. The first-order valence-corrected chi connectivity index (χ1v) is 7.52. The summed E-state index contributed by atoms with van der Waals surface area (Å²) in [5.41, 5.74) is 0.938. The molecular weight excluding hydrogens is 250 g/mol. The van der Waals surface area contributed by atoms with Gasteiger partial charge in [-0.25, -0.2) is 0 Å². The number of rotatable bonds is 3. The lowest BCUT2D eigenvalue weighted by molar-refractivity contribution is 0.455. The van der Waals surface area contributed by atoms with Crippen LogP contribution in [0.25, 0.3) is 0 Å². The van der Waals surface area contributed by atoms with Crippen LogP contribution in [-0.4, -0.2) is 21.1 Å². The van der Waals surface area contributed by atoms with Crippen LogP contribution in [0.2, 0.25) is 0 Å². The topological polar surface area (TPSA) is 37.8 Å². The average Bonchev–Trinajstić information content (AvgIpc) is 2.61. The van der Waals surface area contributed by atoms with Gasteiger partial charge in [0.2, 0.25) is 0 Å². The number of hydrogen-bond donors (Lipinski definition) is 1. The number of aromatic nitrogens is 2. The van der Waals surface area contributed by atoms with Gasteiger partial charge in [-0.3, -0.25) is 0 Å². The maximum absolute atomic E-state index is 5.38. The first-order chi connectivity index (χ1) is 8.27. The first kappa shape index (κ1) is 12.9. The summed E-state index contributed by atoms with van der Waals surface area (Å²) in [6.07, 6.45) is 8.24. The fourth-order valence-corrected chi connectivity index (χ4v) is 3.24. The van der Waals surface area contributed by atoms with Crippen molar-refractivity contribution >= 4 is 28.7 Å². The molecule has 0 bridgehead atoms. The molecule has 0 radical (unpaired) electrons. The second-order valence-electron chi connectivity index (χ2n) is 4.76. The van der Waals surface area contributed by atoms with Crippen molar-refractivity contribution in [3.63, 3.8) is 0 Å². The Hall–Kier alpha value is -0.550. The Kier molecular flexibility index (Phi) is 4.86. The Morgan fingerprint density at radius 2 is 2.06 bits per heavy atom. The third-order valence-corrected chi connectivity index (χ3v) is 4.71. The molecule has 1 N–H and O–H groups in total. The summed E-state index contributed by atoms with van der Waals surface area (Å²) in [6.45, 7) is 2.97. The standard InChI is InChI=1S/C12H19N3S2/c1-9-11(17-15-14-9)12(16)13-8-10-6-4-2-3-5-7-10/h10H,2-8H2,1H3,(H,13,16). The lowest BCUT2D eigenvalue weighted by atomic mass is 10.0. The lowest BCUT2D eigenvalue weighted by Crippen LogP contribution is -2.28. The summed E-state index contributed by atoms with van der Waals surface area (Å²) in [4.78, 5) is 1.84. The molecule has 3 nitrogen and oxygen atoms in total. The molecule has 94 valence electrons. The van der Waals surface area contributed by atoms with Crippen molar-refractivity contribution in [2.24, 2.45) is 5.92 Å². The number of nitrogens with zero attached hydrogens (tertiary/aromatic N) is 2. The minimum Gasteiger partial charge on any atom is -0.375 e. The normalized spacial score (nSPS) is 17.7. The van der Waals surface area contributed by atoms with E-state index < -0.39 is 0 Å². The number of hydrogen-bond acceptors (Lipinski definition) is 4. The van der Waals surface area contributed by atoms with Crippen molar-refractivity contribution in [3.8, 4) is 0 Å². The molecule has 1 heterocycles. The van der Waals surface area contributed by atoms with E-state index in [1.54, 1.807) is 0 Å². The molecule has 1 saturated carbocycles. The van der Waals surface area contributed by atoms with Crippen molar-refractivity contribution < 1.29 is 0 Å². The van der Waals surface area contributed by atoms with Crippen LogP contribution >= 0.6 is 23.8 Å². The quantitative estimate of drug-likeness (QED) is 0.676. The third kappa shape index (κ3) is 3.71. The SMILES string of the molecule is Cc1nnsc1C(=S)NCC1CCCCCC1. The minimum absolute atomic E-state index is 0.789. The van der Waals surface area contributed by atoms with Gasteiger partial charge in [-0.2, -0.15) is 0 Å². The monoisotopic (exact) mass is 269 g/mol. The zero-order valence-electron chi connectivity index (χ0n) is 10.2. The highest BCUT2D eigenvalue weighted by atomic mass is 32.1. The maximum Gasteiger partial charge on any atom is 0.120 e. The molecule has 17 heavy (non-hydrogen) atoms. The zero-order valence-corrected chi connectivity index (χ0v) is 11.9. The predicted molar refractivity (Wildman–Crippen MR) is 75.5 cm³/mol. The Morgan fingerprint density at radius 1 is 1.35 bits per heavy atom. The molecule has 0 atom stereocenters. The lowest BCUT2D eigenvalue weighted by Gasteiger charge is -2.15. The zero-order chi connectivity index (χ0) is 12.1. The van der Waals surface area contributed by atoms with Crippen LogP contribution in [0.3, 0.4) is 0 Å². The average molecular weight is 269 g/mol. The Labute approximate surface area is 112 Å². The number of nitrogens with one attached hydrogen (secondary N) is 1. The van der Waals surface area contributed by atoms with E-state index in [2.05, 4.69) is 14.9 Å². The molecule has 0 aromatic carbocycles. The van der Waals surface area contributed by atoms with Crippen molar-refractivity contribution in [1.29, 1.82) is 0 Å².